The number of carboxylic acid groups (broad SMARTS) is 1. The number of rotatable bonds is 8. The third-order valence-corrected chi connectivity index (χ3v) is 5.26. The maximum Gasteiger partial charge on any atom is 1.00 e. The molecule has 0 bridgehead atoms. The minimum absolute atomic E-state index is 0. The number of aliphatic hydroxyl groups is 5. The van der Waals surface area contributed by atoms with Crippen molar-refractivity contribution in [2.24, 2.45) is 0 Å². The quantitative estimate of drug-likeness (QED) is 0.0898. The number of aliphatic hydroxyl groups excluding tert-OH is 5. The van der Waals surface area contributed by atoms with E-state index in [2.05, 4.69) is 13.8 Å². The first-order chi connectivity index (χ1) is 14.8. The number of amides is 1. The van der Waals surface area contributed by atoms with Crippen molar-refractivity contribution in [3.8, 4) is 0 Å². The summed E-state index contributed by atoms with van der Waals surface area (Å²) >= 11 is 0. The molecule has 2 saturated heterocycles. The average molecular weight is 515 g/mol. The molecule has 7 N–H and O–H groups in total. The summed E-state index contributed by atoms with van der Waals surface area (Å²) in [5.74, 6) is -2.56. The Morgan fingerprint density at radius 2 is 1.67 bits per heavy atom. The second-order valence-corrected chi connectivity index (χ2v) is 7.99. The molecule has 0 aliphatic carbocycles. The van der Waals surface area contributed by atoms with Crippen LogP contribution in [0.15, 0.2) is 0 Å². The van der Waals surface area contributed by atoms with Crippen LogP contribution < -0.4 is 40.1 Å². The predicted octanol–water partition coefficient (Wildman–Crippen LogP) is -9.60. The molecule has 0 aromatic rings. The summed E-state index contributed by atoms with van der Waals surface area (Å²) in [7, 11) is -5.27. The van der Waals surface area contributed by atoms with E-state index in [-0.39, 0.29) is 29.6 Å². The van der Waals surface area contributed by atoms with Crippen molar-refractivity contribution < 1.29 is 106 Å². The van der Waals surface area contributed by atoms with Crippen molar-refractivity contribution in [1.82, 2.24) is 5.32 Å². The van der Waals surface area contributed by atoms with Crippen LogP contribution in [-0.4, -0.2) is 119 Å². The molecule has 19 heteroatoms. The number of ether oxygens (including phenoxy) is 3. The number of hydrogen-bond acceptors (Lipinski definition) is 15. The summed E-state index contributed by atoms with van der Waals surface area (Å²) < 4.78 is 45.8. The summed E-state index contributed by atoms with van der Waals surface area (Å²) in [5.41, 5.74) is 0. The molecule has 1 amide bonds. The third-order valence-electron chi connectivity index (χ3n) is 4.63. The van der Waals surface area contributed by atoms with Crippen LogP contribution in [0.1, 0.15) is 6.92 Å². The fourth-order valence-corrected chi connectivity index (χ4v) is 3.74. The van der Waals surface area contributed by atoms with Gasteiger partial charge in [-0.25, -0.2) is 8.98 Å². The van der Waals surface area contributed by atoms with Gasteiger partial charge in [0.2, 0.25) is 5.91 Å². The molecule has 33 heavy (non-hydrogen) atoms. The molecular weight excluding hydrogens is 493 g/mol. The standard InChI is InChI=1S/C14H23NO16S.Na/c1-3(17)15-5-10(9(30-32(25,26)31-24)4(2-16)27-13(5)23)28-14-8(20)6(18)7(19)11(29-14)12(21)22;/h4-11,13-14,16,18-20,23-24H,2H2,1H3,(H,15,17)(H,21,22);/q;+1/p-1. The van der Waals surface area contributed by atoms with Crippen LogP contribution in [0, 0.1) is 0 Å². The van der Waals surface area contributed by atoms with Gasteiger partial charge in [0.25, 0.3) is 0 Å². The van der Waals surface area contributed by atoms with Crippen LogP contribution in [-0.2, 0) is 42.7 Å². The van der Waals surface area contributed by atoms with Crippen LogP contribution in [0.5, 0.6) is 0 Å². The van der Waals surface area contributed by atoms with E-state index in [0.717, 1.165) is 6.92 Å². The Morgan fingerprint density at radius 3 is 2.15 bits per heavy atom. The third kappa shape index (κ3) is 7.22. The van der Waals surface area contributed by atoms with E-state index in [0.29, 0.717) is 0 Å². The molecule has 2 fully saturated rings. The summed E-state index contributed by atoms with van der Waals surface area (Å²) in [5, 5.41) is 71.2. The Hall–Kier alpha value is -0.550. The molecule has 0 saturated carbocycles. The maximum absolute atomic E-state index is 11.5. The number of nitrogens with one attached hydrogen (secondary N) is 1. The second kappa shape index (κ2) is 12.4. The molecule has 2 aliphatic heterocycles. The molecular formula is C14H22NNaO16S. The van der Waals surface area contributed by atoms with Crippen molar-refractivity contribution in [1.29, 1.82) is 0 Å². The number of carbonyl (C=O) groups excluding carboxylic acids is 1. The molecule has 0 radical (unpaired) electrons. The zero-order chi connectivity index (χ0) is 24.4. The van der Waals surface area contributed by atoms with Gasteiger partial charge in [0.15, 0.2) is 18.7 Å². The summed E-state index contributed by atoms with van der Waals surface area (Å²) in [6.07, 6.45) is -18.1. The Bertz CT molecular complexity index is 783. The van der Waals surface area contributed by atoms with Crippen LogP contribution in [0.2, 0.25) is 0 Å². The summed E-state index contributed by atoms with van der Waals surface area (Å²) in [6.45, 7) is -0.0300. The number of carboxylic acids is 1. The van der Waals surface area contributed by atoms with E-state index in [1.54, 1.807) is 0 Å². The number of hydrogen-bond donors (Lipinski definition) is 7. The normalized spacial score (nSPS) is 39.4. The van der Waals surface area contributed by atoms with Gasteiger partial charge in [0, 0.05) is 6.92 Å². The maximum atomic E-state index is 11.5. The Balaban J connectivity index is 0.00000544. The molecule has 2 heterocycles. The average Bonchev–Trinajstić information content (AvgIpc) is 2.71. The van der Waals surface area contributed by atoms with Gasteiger partial charge in [-0.2, -0.15) is 8.42 Å². The fourth-order valence-electron chi connectivity index (χ4n) is 3.20. The van der Waals surface area contributed by atoms with Crippen LogP contribution in [0.4, 0.5) is 0 Å². The molecule has 17 nitrogen and oxygen atoms in total. The minimum atomic E-state index is -5.27. The molecule has 0 spiro atoms. The van der Waals surface area contributed by atoms with Crippen molar-refractivity contribution in [2.45, 2.75) is 68.3 Å². The van der Waals surface area contributed by atoms with Crippen LogP contribution in [0.3, 0.4) is 0 Å². The van der Waals surface area contributed by atoms with Gasteiger partial charge in [-0.15, -0.1) is 0 Å². The van der Waals surface area contributed by atoms with Crippen molar-refractivity contribution in [2.75, 3.05) is 6.61 Å². The van der Waals surface area contributed by atoms with E-state index in [9.17, 15) is 48.8 Å². The van der Waals surface area contributed by atoms with Gasteiger partial charge in [0.1, 0.15) is 42.7 Å². The Labute approximate surface area is 208 Å². The van der Waals surface area contributed by atoms with Gasteiger partial charge >= 0.3 is 45.9 Å². The Kier molecular flexibility index (Phi) is 11.5. The van der Waals surface area contributed by atoms with Gasteiger partial charge < -0.3 is 59.8 Å². The summed E-state index contributed by atoms with van der Waals surface area (Å²) in [4.78, 5) is 22.8. The first-order valence-electron chi connectivity index (χ1n) is 8.87. The molecule has 10 unspecified atom stereocenters. The Morgan fingerprint density at radius 1 is 1.06 bits per heavy atom. The minimum Gasteiger partial charge on any atom is -0.705 e. The van der Waals surface area contributed by atoms with Gasteiger partial charge in [-0.3, -0.25) is 4.79 Å². The second-order valence-electron chi connectivity index (χ2n) is 6.85. The predicted molar refractivity (Wildman–Crippen MR) is 89.6 cm³/mol. The molecule has 2 aliphatic rings. The summed E-state index contributed by atoms with van der Waals surface area (Å²) in [6, 6.07) is -1.69. The fraction of sp³-hybridized carbons (Fsp3) is 0.857. The van der Waals surface area contributed by atoms with Crippen LogP contribution >= 0.6 is 0 Å². The first kappa shape index (κ1) is 30.5. The number of carbonyl (C=O) groups is 2. The molecule has 0 aromatic heterocycles. The van der Waals surface area contributed by atoms with Gasteiger partial charge in [0.05, 0.1) is 6.61 Å². The zero-order valence-corrected chi connectivity index (χ0v) is 20.0. The van der Waals surface area contributed by atoms with Crippen molar-refractivity contribution >= 4 is 22.3 Å². The van der Waals surface area contributed by atoms with E-state index >= 15 is 0 Å². The van der Waals surface area contributed by atoms with Gasteiger partial charge in [-0.05, 0) is 0 Å². The van der Waals surface area contributed by atoms with E-state index in [1.165, 1.54) is 0 Å². The van der Waals surface area contributed by atoms with E-state index < -0.39 is 90.2 Å². The van der Waals surface area contributed by atoms with Crippen molar-refractivity contribution in [3.05, 3.63) is 0 Å². The number of aliphatic carboxylic acids is 1. The molecule has 10 atom stereocenters. The van der Waals surface area contributed by atoms with E-state index in [4.69, 9.17) is 19.3 Å². The largest absolute Gasteiger partial charge is 1.00 e. The van der Waals surface area contributed by atoms with Crippen molar-refractivity contribution in [3.63, 3.8) is 0 Å². The SMILES string of the molecule is CC(=O)NC1C(O)OC(CO)C(OS(=O)(=O)O[O-])C1OC1OC(C(=O)O)C(O)C(O)C1O.[Na+]. The topological polar surface area (TPSA) is 271 Å². The molecule has 0 aromatic carbocycles. The first-order valence-corrected chi connectivity index (χ1v) is 10.2. The van der Waals surface area contributed by atoms with Gasteiger partial charge in [-0.1, -0.05) is 0 Å². The zero-order valence-electron chi connectivity index (χ0n) is 17.2. The smallest absolute Gasteiger partial charge is 0.705 e. The monoisotopic (exact) mass is 515 g/mol. The molecule has 186 valence electrons. The van der Waals surface area contributed by atoms with Crippen LogP contribution in [0.25, 0.3) is 0 Å². The van der Waals surface area contributed by atoms with E-state index in [1.807, 2.05) is 0 Å². The molecule has 2 rings (SSSR count).